The van der Waals surface area contributed by atoms with Gasteiger partial charge in [0.1, 0.15) is 0 Å². The molecule has 6 nitrogen and oxygen atoms in total. The maximum Gasteiger partial charge on any atom is 0.334 e. The minimum atomic E-state index is -0.990. The lowest BCUT2D eigenvalue weighted by Gasteiger charge is -2.34. The van der Waals surface area contributed by atoms with Gasteiger partial charge >= 0.3 is 12.0 Å². The number of carboxylic acid groups (broad SMARTS) is 1. The summed E-state index contributed by atoms with van der Waals surface area (Å²) in [5.41, 5.74) is 0. The summed E-state index contributed by atoms with van der Waals surface area (Å²) in [4.78, 5) is 26.9. The molecule has 0 aromatic rings. The quantitative estimate of drug-likeness (QED) is 0.757. The molecule has 3 rings (SSSR count). The van der Waals surface area contributed by atoms with Crippen molar-refractivity contribution in [1.82, 2.24) is 9.80 Å². The van der Waals surface area contributed by atoms with Gasteiger partial charge in [-0.1, -0.05) is 6.42 Å². The van der Waals surface area contributed by atoms with Crippen molar-refractivity contribution in [1.29, 1.82) is 0 Å². The zero-order chi connectivity index (χ0) is 13.4. The largest absolute Gasteiger partial charge is 0.479 e. The van der Waals surface area contributed by atoms with Gasteiger partial charge in [0, 0.05) is 19.6 Å². The summed E-state index contributed by atoms with van der Waals surface area (Å²) in [6.45, 7) is 2.66. The van der Waals surface area contributed by atoms with E-state index in [1.807, 2.05) is 4.90 Å². The first-order valence-corrected chi connectivity index (χ1v) is 7.03. The molecule has 2 aliphatic heterocycles. The molecule has 3 aliphatic rings. The van der Waals surface area contributed by atoms with Crippen molar-refractivity contribution in [2.75, 3.05) is 32.8 Å². The zero-order valence-corrected chi connectivity index (χ0v) is 11.0. The molecule has 19 heavy (non-hydrogen) atoms. The highest BCUT2D eigenvalue weighted by Gasteiger charge is 2.40. The maximum absolute atomic E-state index is 12.4. The van der Waals surface area contributed by atoms with Crippen molar-refractivity contribution in [2.45, 2.75) is 25.4 Å². The van der Waals surface area contributed by atoms with Gasteiger partial charge in [-0.15, -0.1) is 0 Å². The van der Waals surface area contributed by atoms with E-state index in [1.54, 1.807) is 4.90 Å². The normalized spacial score (nSPS) is 34.4. The number of hydrogen-bond acceptors (Lipinski definition) is 3. The number of carboxylic acids is 1. The molecule has 3 fully saturated rings. The highest BCUT2D eigenvalue weighted by molar-refractivity contribution is 5.77. The van der Waals surface area contributed by atoms with E-state index < -0.39 is 12.1 Å². The van der Waals surface area contributed by atoms with Crippen LogP contribution < -0.4 is 0 Å². The lowest BCUT2D eigenvalue weighted by atomic mass is 10.0. The van der Waals surface area contributed by atoms with E-state index in [2.05, 4.69) is 0 Å². The fraction of sp³-hybridized carbons (Fsp3) is 0.846. The minimum Gasteiger partial charge on any atom is -0.479 e. The molecule has 3 atom stereocenters. The number of hydrogen-bond donors (Lipinski definition) is 1. The number of nitrogens with zero attached hydrogens (tertiary/aromatic N) is 2. The Labute approximate surface area is 112 Å². The van der Waals surface area contributed by atoms with Crippen LogP contribution in [0.5, 0.6) is 0 Å². The minimum absolute atomic E-state index is 0.0102. The van der Waals surface area contributed by atoms with Crippen molar-refractivity contribution in [3.63, 3.8) is 0 Å². The predicted octanol–water partition coefficient (Wildman–Crippen LogP) is 0.624. The molecule has 3 unspecified atom stereocenters. The van der Waals surface area contributed by atoms with Gasteiger partial charge in [-0.05, 0) is 24.7 Å². The molecule has 6 heteroatoms. The summed E-state index contributed by atoms with van der Waals surface area (Å²) >= 11 is 0. The molecule has 2 amide bonds. The van der Waals surface area contributed by atoms with Crippen LogP contribution in [0.25, 0.3) is 0 Å². The summed E-state index contributed by atoms with van der Waals surface area (Å²) in [5, 5.41) is 8.96. The van der Waals surface area contributed by atoms with E-state index in [9.17, 15) is 9.59 Å². The number of urea groups is 1. The van der Waals surface area contributed by atoms with Crippen LogP contribution in [0, 0.1) is 11.8 Å². The van der Waals surface area contributed by atoms with Crippen LogP contribution >= 0.6 is 0 Å². The van der Waals surface area contributed by atoms with Gasteiger partial charge in [0.25, 0.3) is 0 Å². The van der Waals surface area contributed by atoms with Crippen LogP contribution in [0.4, 0.5) is 4.79 Å². The summed E-state index contributed by atoms with van der Waals surface area (Å²) in [6.07, 6.45) is 2.88. The number of carbonyl (C=O) groups is 2. The Balaban J connectivity index is 1.59. The SMILES string of the molecule is O=C(O)C1CN(C(=O)N2CC3CCCC3C2)CCO1. The molecule has 1 N–H and O–H groups in total. The average molecular weight is 268 g/mol. The molecule has 0 bridgehead atoms. The molecule has 1 saturated carbocycles. The van der Waals surface area contributed by atoms with E-state index in [0.717, 1.165) is 13.1 Å². The van der Waals surface area contributed by atoms with Crippen molar-refractivity contribution in [3.05, 3.63) is 0 Å². The van der Waals surface area contributed by atoms with Crippen LogP contribution in [0.1, 0.15) is 19.3 Å². The molecule has 1 aliphatic carbocycles. The Morgan fingerprint density at radius 3 is 2.37 bits per heavy atom. The fourth-order valence-corrected chi connectivity index (χ4v) is 3.56. The molecule has 2 saturated heterocycles. The second-order valence-electron chi connectivity index (χ2n) is 5.78. The van der Waals surface area contributed by atoms with Crippen LogP contribution in [0.3, 0.4) is 0 Å². The second kappa shape index (κ2) is 5.00. The Morgan fingerprint density at radius 1 is 1.05 bits per heavy atom. The van der Waals surface area contributed by atoms with E-state index in [-0.39, 0.29) is 12.6 Å². The first kappa shape index (κ1) is 12.7. The van der Waals surface area contributed by atoms with Crippen molar-refractivity contribution in [2.24, 2.45) is 11.8 Å². The molecule has 0 aromatic heterocycles. The first-order chi connectivity index (χ1) is 9.15. The van der Waals surface area contributed by atoms with Crippen LogP contribution in [0.15, 0.2) is 0 Å². The van der Waals surface area contributed by atoms with E-state index in [1.165, 1.54) is 19.3 Å². The number of rotatable bonds is 1. The number of fused-ring (bicyclic) bond motifs is 1. The smallest absolute Gasteiger partial charge is 0.334 e. The number of carbonyl (C=O) groups excluding carboxylic acids is 1. The highest BCUT2D eigenvalue weighted by Crippen LogP contribution is 2.38. The summed E-state index contributed by atoms with van der Waals surface area (Å²) in [7, 11) is 0. The Hall–Kier alpha value is -1.30. The van der Waals surface area contributed by atoms with Crippen LogP contribution in [0.2, 0.25) is 0 Å². The Kier molecular flexibility index (Phi) is 3.35. The van der Waals surface area contributed by atoms with Gasteiger partial charge < -0.3 is 19.6 Å². The molecular formula is C13H20N2O4. The second-order valence-corrected chi connectivity index (χ2v) is 5.78. The van der Waals surface area contributed by atoms with Gasteiger partial charge in [-0.25, -0.2) is 9.59 Å². The van der Waals surface area contributed by atoms with Gasteiger partial charge in [0.05, 0.1) is 13.2 Å². The third-order valence-electron chi connectivity index (χ3n) is 4.61. The third kappa shape index (κ3) is 2.41. The Morgan fingerprint density at radius 2 is 1.74 bits per heavy atom. The van der Waals surface area contributed by atoms with E-state index in [4.69, 9.17) is 9.84 Å². The summed E-state index contributed by atoms with van der Waals surface area (Å²) < 4.78 is 5.15. The molecule has 0 radical (unpaired) electrons. The standard InChI is InChI=1S/C13H20N2O4/c16-12(17)11-8-14(4-5-19-11)13(18)15-6-9-2-1-3-10(9)7-15/h9-11H,1-8H2,(H,16,17). The molecular weight excluding hydrogens is 248 g/mol. The zero-order valence-electron chi connectivity index (χ0n) is 11.0. The van der Waals surface area contributed by atoms with E-state index >= 15 is 0 Å². The number of likely N-dealkylation sites (tertiary alicyclic amines) is 1. The molecule has 106 valence electrons. The highest BCUT2D eigenvalue weighted by atomic mass is 16.5. The molecule has 0 spiro atoms. The third-order valence-corrected chi connectivity index (χ3v) is 4.61. The first-order valence-electron chi connectivity index (χ1n) is 7.03. The average Bonchev–Trinajstić information content (AvgIpc) is 2.98. The van der Waals surface area contributed by atoms with Gasteiger partial charge in [0.15, 0.2) is 6.10 Å². The summed E-state index contributed by atoms with van der Waals surface area (Å²) in [5.74, 6) is 0.344. The van der Waals surface area contributed by atoms with Crippen molar-refractivity contribution >= 4 is 12.0 Å². The van der Waals surface area contributed by atoms with Crippen molar-refractivity contribution in [3.8, 4) is 0 Å². The number of ether oxygens (including phenoxy) is 1. The van der Waals surface area contributed by atoms with Gasteiger partial charge in [-0.2, -0.15) is 0 Å². The van der Waals surface area contributed by atoms with Gasteiger partial charge in [0.2, 0.25) is 0 Å². The maximum atomic E-state index is 12.4. The lowest BCUT2D eigenvalue weighted by molar-refractivity contribution is -0.154. The molecule has 0 aromatic carbocycles. The van der Waals surface area contributed by atoms with Gasteiger partial charge in [-0.3, -0.25) is 0 Å². The number of amides is 2. The predicted molar refractivity (Wildman–Crippen MR) is 66.7 cm³/mol. The van der Waals surface area contributed by atoms with Crippen molar-refractivity contribution < 1.29 is 19.4 Å². The van der Waals surface area contributed by atoms with E-state index in [0.29, 0.717) is 25.0 Å². The number of morpholine rings is 1. The Bertz CT molecular complexity index is 375. The number of aliphatic carboxylic acids is 1. The van der Waals surface area contributed by atoms with Crippen LogP contribution in [-0.4, -0.2) is 65.8 Å². The monoisotopic (exact) mass is 268 g/mol. The van der Waals surface area contributed by atoms with Crippen LogP contribution in [-0.2, 0) is 9.53 Å². The molecule has 2 heterocycles. The fourth-order valence-electron chi connectivity index (χ4n) is 3.56. The topological polar surface area (TPSA) is 70.1 Å². The summed E-state index contributed by atoms with van der Waals surface area (Å²) in [6, 6.07) is -0.0102. The lowest BCUT2D eigenvalue weighted by Crippen LogP contribution is -2.52.